The summed E-state index contributed by atoms with van der Waals surface area (Å²) in [5.41, 5.74) is 1.53. The Labute approximate surface area is 241 Å². The summed E-state index contributed by atoms with van der Waals surface area (Å²) in [6, 6.07) is 16.3. The molecule has 3 aromatic rings. The number of nitro benzene ring substituents is 1. The quantitative estimate of drug-likeness (QED) is 0.140. The molecule has 204 valence electrons. The summed E-state index contributed by atoms with van der Waals surface area (Å²) in [4.78, 5) is 63.1. The van der Waals surface area contributed by atoms with Crippen LogP contribution in [-0.4, -0.2) is 46.5 Å². The summed E-state index contributed by atoms with van der Waals surface area (Å²) in [6.45, 7) is 1.37. The smallest absolute Gasteiger partial charge is 0.339 e. The number of nitro groups is 1. The van der Waals surface area contributed by atoms with Crippen LogP contribution in [0, 0.1) is 17.0 Å². The average molecular weight is 598 g/mol. The molecular weight excluding hydrogens is 578 g/mol. The van der Waals surface area contributed by atoms with Gasteiger partial charge in [0.2, 0.25) is 5.91 Å². The predicted molar refractivity (Wildman–Crippen MR) is 152 cm³/mol. The number of benzene rings is 3. The Morgan fingerprint density at radius 3 is 2.52 bits per heavy atom. The topological polar surface area (TPSA) is 136 Å². The van der Waals surface area contributed by atoms with Gasteiger partial charge in [0.15, 0.2) is 0 Å². The maximum Gasteiger partial charge on any atom is 0.339 e. The molecule has 1 fully saturated rings. The van der Waals surface area contributed by atoms with Crippen molar-refractivity contribution in [3.05, 3.63) is 97.4 Å². The number of ether oxygens (including phenoxy) is 1. The number of anilines is 1. The number of aryl methyl sites for hydroxylation is 1. The zero-order valence-corrected chi connectivity index (χ0v) is 23.4. The molecule has 40 heavy (non-hydrogen) atoms. The van der Waals surface area contributed by atoms with Crippen LogP contribution in [0.1, 0.15) is 21.5 Å². The van der Waals surface area contributed by atoms with E-state index in [2.05, 4.69) is 10.1 Å². The van der Waals surface area contributed by atoms with E-state index < -0.39 is 34.5 Å². The summed E-state index contributed by atoms with van der Waals surface area (Å²) in [6.07, 6.45) is 1.37. The van der Waals surface area contributed by atoms with Gasteiger partial charge in [-0.05, 0) is 66.7 Å². The van der Waals surface area contributed by atoms with Crippen LogP contribution in [-0.2, 0) is 14.3 Å². The highest BCUT2D eigenvalue weighted by Crippen LogP contribution is 2.37. The number of hydrogen-bond acceptors (Lipinski definition) is 9. The number of thioether (sulfide) groups is 1. The Morgan fingerprint density at radius 1 is 1.12 bits per heavy atom. The van der Waals surface area contributed by atoms with Gasteiger partial charge in [-0.25, -0.2) is 4.79 Å². The molecule has 1 N–H and O–H groups in total. The van der Waals surface area contributed by atoms with E-state index in [0.29, 0.717) is 22.2 Å². The van der Waals surface area contributed by atoms with Crippen molar-refractivity contribution in [1.29, 1.82) is 0 Å². The number of esters is 1. The highest BCUT2D eigenvalue weighted by Gasteiger charge is 2.36. The maximum atomic E-state index is 12.9. The lowest BCUT2D eigenvalue weighted by Crippen LogP contribution is -2.36. The van der Waals surface area contributed by atoms with Crippen molar-refractivity contribution in [3.8, 4) is 0 Å². The van der Waals surface area contributed by atoms with E-state index in [-0.39, 0.29) is 26.9 Å². The highest BCUT2D eigenvalue weighted by molar-refractivity contribution is 8.18. The van der Waals surface area contributed by atoms with Crippen molar-refractivity contribution in [3.63, 3.8) is 0 Å². The van der Waals surface area contributed by atoms with Crippen LogP contribution in [0.25, 0.3) is 6.08 Å². The third kappa shape index (κ3) is 6.71. The fourth-order valence-corrected chi connectivity index (χ4v) is 5.52. The van der Waals surface area contributed by atoms with E-state index in [1.165, 1.54) is 49.2 Å². The van der Waals surface area contributed by atoms with Crippen molar-refractivity contribution in [2.75, 3.05) is 19.0 Å². The highest BCUT2D eigenvalue weighted by atomic mass is 35.5. The number of rotatable bonds is 8. The van der Waals surface area contributed by atoms with Crippen LogP contribution in [0.2, 0.25) is 5.02 Å². The molecule has 3 aromatic carbocycles. The molecule has 1 saturated heterocycles. The van der Waals surface area contributed by atoms with Crippen LogP contribution in [0.3, 0.4) is 0 Å². The van der Waals surface area contributed by atoms with Crippen molar-refractivity contribution >= 4 is 75.6 Å². The summed E-state index contributed by atoms with van der Waals surface area (Å²) >= 11 is 7.85. The zero-order chi connectivity index (χ0) is 29.0. The second-order valence-electron chi connectivity index (χ2n) is 8.40. The largest absolute Gasteiger partial charge is 0.465 e. The monoisotopic (exact) mass is 597 g/mol. The number of nitrogens with zero attached hydrogens (tertiary/aromatic N) is 2. The van der Waals surface area contributed by atoms with Gasteiger partial charge in [0.25, 0.3) is 16.8 Å². The summed E-state index contributed by atoms with van der Waals surface area (Å²) in [5.74, 6) is -2.09. The molecule has 0 radical (unpaired) electrons. The molecule has 1 heterocycles. The molecule has 0 aliphatic carbocycles. The summed E-state index contributed by atoms with van der Waals surface area (Å²) in [7, 11) is 1.19. The minimum Gasteiger partial charge on any atom is -0.465 e. The number of nitrogens with one attached hydrogen (secondary N) is 1. The van der Waals surface area contributed by atoms with Crippen LogP contribution in [0.15, 0.2) is 75.4 Å². The van der Waals surface area contributed by atoms with Crippen molar-refractivity contribution < 1.29 is 28.8 Å². The van der Waals surface area contributed by atoms with Gasteiger partial charge in [-0.2, -0.15) is 0 Å². The van der Waals surface area contributed by atoms with Gasteiger partial charge in [-0.15, -0.1) is 0 Å². The fourth-order valence-electron chi connectivity index (χ4n) is 3.59. The minimum absolute atomic E-state index is 0.0190. The van der Waals surface area contributed by atoms with E-state index in [1.54, 1.807) is 12.1 Å². The Morgan fingerprint density at radius 2 is 1.85 bits per heavy atom. The number of carbonyl (C=O) groups is 4. The third-order valence-electron chi connectivity index (χ3n) is 5.56. The second-order valence-corrected chi connectivity index (χ2v) is 10.9. The number of amides is 3. The van der Waals surface area contributed by atoms with Crippen molar-refractivity contribution in [2.45, 2.75) is 16.7 Å². The van der Waals surface area contributed by atoms with Crippen molar-refractivity contribution in [2.24, 2.45) is 0 Å². The molecule has 0 atom stereocenters. The molecular formula is C27H20ClN3O7S2. The molecule has 0 bridgehead atoms. The molecule has 13 heteroatoms. The fraction of sp³-hybridized carbons (Fsp3) is 0.111. The number of halogens is 1. The first-order valence-corrected chi connectivity index (χ1v) is 13.5. The third-order valence-corrected chi connectivity index (χ3v) is 7.87. The number of carbonyl (C=O) groups excluding carboxylic acids is 4. The van der Waals surface area contributed by atoms with E-state index in [1.807, 2.05) is 31.2 Å². The van der Waals surface area contributed by atoms with E-state index in [0.717, 1.165) is 15.4 Å². The number of imide groups is 1. The minimum atomic E-state index is -0.711. The van der Waals surface area contributed by atoms with E-state index >= 15 is 0 Å². The van der Waals surface area contributed by atoms with Gasteiger partial charge >= 0.3 is 5.97 Å². The van der Waals surface area contributed by atoms with Gasteiger partial charge in [0.05, 0.1) is 32.4 Å². The normalized spacial score (nSPS) is 14.0. The molecule has 10 nitrogen and oxygen atoms in total. The van der Waals surface area contributed by atoms with E-state index in [4.69, 9.17) is 11.6 Å². The number of hydrogen-bond donors (Lipinski definition) is 1. The zero-order valence-electron chi connectivity index (χ0n) is 21.0. The van der Waals surface area contributed by atoms with Crippen LogP contribution >= 0.6 is 35.1 Å². The summed E-state index contributed by atoms with van der Waals surface area (Å²) in [5, 5.41) is 13.7. The van der Waals surface area contributed by atoms with Gasteiger partial charge < -0.3 is 10.1 Å². The molecule has 0 unspecified atom stereocenters. The Kier molecular flexibility index (Phi) is 8.93. The SMILES string of the molecule is COC(=O)c1cc(NC(=O)CN2C(=O)SC(=Cc3ccc(Sc4ccc(C)cc4)c([N+](=O)[O-])c3)C2=O)ccc1Cl. The van der Waals surface area contributed by atoms with Gasteiger partial charge in [0.1, 0.15) is 6.54 Å². The first-order chi connectivity index (χ1) is 19.0. The summed E-state index contributed by atoms with van der Waals surface area (Å²) < 4.78 is 4.65. The lowest BCUT2D eigenvalue weighted by molar-refractivity contribution is -0.387. The molecule has 1 aliphatic heterocycles. The number of methoxy groups -OCH3 is 1. The van der Waals surface area contributed by atoms with E-state index in [9.17, 15) is 29.3 Å². The lowest BCUT2D eigenvalue weighted by Gasteiger charge is -2.13. The first-order valence-electron chi connectivity index (χ1n) is 11.5. The molecule has 0 aromatic heterocycles. The molecule has 0 saturated carbocycles. The Bertz CT molecular complexity index is 1570. The van der Waals surface area contributed by atoms with Crippen LogP contribution in [0.4, 0.5) is 16.2 Å². The second kappa shape index (κ2) is 12.4. The van der Waals surface area contributed by atoms with Crippen LogP contribution in [0.5, 0.6) is 0 Å². The Balaban J connectivity index is 1.48. The predicted octanol–water partition coefficient (Wildman–Crippen LogP) is 6.17. The van der Waals surface area contributed by atoms with Crippen molar-refractivity contribution in [1.82, 2.24) is 4.90 Å². The Hall–Kier alpha value is -4.13. The van der Waals surface area contributed by atoms with Gasteiger partial charge in [-0.1, -0.05) is 47.1 Å². The molecule has 3 amide bonds. The maximum absolute atomic E-state index is 12.9. The van der Waals surface area contributed by atoms with Gasteiger partial charge in [-0.3, -0.25) is 29.4 Å². The molecule has 4 rings (SSSR count). The first kappa shape index (κ1) is 28.9. The van der Waals surface area contributed by atoms with Gasteiger partial charge in [0, 0.05) is 16.6 Å². The molecule has 1 aliphatic rings. The standard InChI is InChI=1S/C27H20ClN3O7S2/c1-15-3-7-18(8-4-15)39-22-10-5-16(11-21(22)31(36)37)12-23-25(33)30(27(35)40-23)14-24(32)29-17-6-9-20(28)19(13-17)26(34)38-2/h3-13H,14H2,1-2H3,(H,29,32). The molecule has 0 spiro atoms. The lowest BCUT2D eigenvalue weighted by atomic mass is 10.2. The van der Waals surface area contributed by atoms with Crippen LogP contribution < -0.4 is 5.32 Å². The average Bonchev–Trinajstić information content (AvgIpc) is 3.18.